The van der Waals surface area contributed by atoms with E-state index >= 15 is 0 Å². The van der Waals surface area contributed by atoms with Crippen LogP contribution in [0.5, 0.6) is 0 Å². The molecule has 0 aliphatic carbocycles. The Morgan fingerprint density at radius 2 is 1.68 bits per heavy atom. The summed E-state index contributed by atoms with van der Waals surface area (Å²) >= 11 is 0. The number of halogens is 2. The van der Waals surface area contributed by atoms with Crippen LogP contribution in [0.4, 0.5) is 14.5 Å². The van der Waals surface area contributed by atoms with Crippen molar-refractivity contribution < 1.29 is 8.78 Å². The summed E-state index contributed by atoms with van der Waals surface area (Å²) in [4.78, 5) is 1.63. The molecule has 0 bridgehead atoms. The number of hydrogen-bond acceptors (Lipinski definition) is 2. The van der Waals surface area contributed by atoms with E-state index in [2.05, 4.69) is 0 Å². The molecule has 0 saturated carbocycles. The van der Waals surface area contributed by atoms with Crippen molar-refractivity contribution in [2.75, 3.05) is 18.5 Å². The third kappa shape index (κ3) is 4.78. The summed E-state index contributed by atoms with van der Waals surface area (Å²) in [5.41, 5.74) is 6.25. The Morgan fingerprint density at radius 3 is 2.05 bits per heavy atom. The van der Waals surface area contributed by atoms with Crippen LogP contribution >= 0.6 is 0 Å². The monoisotopic (exact) mass is 270 g/mol. The molecular formula is C15H24F2N2. The van der Waals surface area contributed by atoms with Gasteiger partial charge in [-0.05, 0) is 36.5 Å². The maximum atomic E-state index is 14.1. The maximum Gasteiger partial charge on any atom is 0.149 e. The molecule has 0 fully saturated rings. The van der Waals surface area contributed by atoms with E-state index in [4.69, 9.17) is 5.73 Å². The van der Waals surface area contributed by atoms with Crippen molar-refractivity contribution in [3.05, 3.63) is 29.3 Å². The molecule has 0 spiro atoms. The standard InChI is InChI=1S/C15H24F2N2/c1-10(18)6-11-7-12(16)14(13(17)8-11)19(5)9-15(2,3)4/h7-8,10H,6,9,18H2,1-5H3. The second-order valence-corrected chi connectivity index (χ2v) is 6.51. The molecule has 1 aromatic carbocycles. The van der Waals surface area contributed by atoms with Crippen LogP contribution in [0.1, 0.15) is 33.3 Å². The van der Waals surface area contributed by atoms with Crippen molar-refractivity contribution in [3.63, 3.8) is 0 Å². The molecule has 1 atom stereocenters. The van der Waals surface area contributed by atoms with Gasteiger partial charge in [-0.15, -0.1) is 0 Å². The lowest BCUT2D eigenvalue weighted by Crippen LogP contribution is -2.30. The van der Waals surface area contributed by atoms with Crippen LogP contribution in [0.25, 0.3) is 0 Å². The molecule has 2 nitrogen and oxygen atoms in total. The lowest BCUT2D eigenvalue weighted by molar-refractivity contribution is 0.414. The lowest BCUT2D eigenvalue weighted by atomic mass is 9.96. The number of rotatable bonds is 4. The molecule has 0 aromatic heterocycles. The van der Waals surface area contributed by atoms with Crippen molar-refractivity contribution in [2.24, 2.45) is 11.1 Å². The number of nitrogens with zero attached hydrogens (tertiary/aromatic N) is 1. The Balaban J connectivity index is 3.03. The third-order valence-electron chi connectivity index (χ3n) is 2.73. The van der Waals surface area contributed by atoms with Gasteiger partial charge in [0.05, 0.1) is 0 Å². The normalized spacial score (nSPS) is 13.5. The summed E-state index contributed by atoms with van der Waals surface area (Å²) in [5, 5.41) is 0. The zero-order valence-corrected chi connectivity index (χ0v) is 12.4. The van der Waals surface area contributed by atoms with Gasteiger partial charge in [-0.25, -0.2) is 8.78 Å². The molecule has 4 heteroatoms. The second kappa shape index (κ2) is 5.87. The van der Waals surface area contributed by atoms with Crippen molar-refractivity contribution in [1.82, 2.24) is 0 Å². The number of benzene rings is 1. The fraction of sp³-hybridized carbons (Fsp3) is 0.600. The minimum absolute atomic E-state index is 0.0297. The van der Waals surface area contributed by atoms with Crippen molar-refractivity contribution in [1.29, 1.82) is 0 Å². The molecule has 0 aliphatic heterocycles. The Bertz CT molecular complexity index is 413. The first-order valence-electron chi connectivity index (χ1n) is 6.55. The average Bonchev–Trinajstić information content (AvgIpc) is 2.10. The fourth-order valence-electron chi connectivity index (χ4n) is 2.26. The number of nitrogens with two attached hydrogens (primary N) is 1. The van der Waals surface area contributed by atoms with Gasteiger partial charge in [-0.1, -0.05) is 20.8 Å². The first-order valence-corrected chi connectivity index (χ1v) is 6.55. The Labute approximate surface area is 114 Å². The van der Waals surface area contributed by atoms with Gasteiger partial charge in [0.1, 0.15) is 17.3 Å². The van der Waals surface area contributed by atoms with Gasteiger partial charge in [-0.3, -0.25) is 0 Å². The van der Waals surface area contributed by atoms with Gasteiger partial charge in [0.15, 0.2) is 0 Å². The van der Waals surface area contributed by atoms with Crippen LogP contribution < -0.4 is 10.6 Å². The zero-order valence-electron chi connectivity index (χ0n) is 12.4. The van der Waals surface area contributed by atoms with E-state index < -0.39 is 11.6 Å². The molecule has 1 aromatic rings. The van der Waals surface area contributed by atoms with Gasteiger partial charge < -0.3 is 10.6 Å². The highest BCUT2D eigenvalue weighted by Gasteiger charge is 2.20. The van der Waals surface area contributed by atoms with E-state index in [0.29, 0.717) is 18.5 Å². The highest BCUT2D eigenvalue weighted by atomic mass is 19.1. The fourth-order valence-corrected chi connectivity index (χ4v) is 2.26. The summed E-state index contributed by atoms with van der Waals surface area (Å²) in [6.07, 6.45) is 0.469. The van der Waals surface area contributed by atoms with Gasteiger partial charge in [-0.2, -0.15) is 0 Å². The Kier molecular flexibility index (Phi) is 4.91. The Morgan fingerprint density at radius 1 is 1.21 bits per heavy atom. The summed E-state index contributed by atoms with van der Waals surface area (Å²) in [6, 6.07) is 2.64. The molecular weight excluding hydrogens is 246 g/mol. The van der Waals surface area contributed by atoms with Crippen molar-refractivity contribution >= 4 is 5.69 Å². The SMILES string of the molecule is CC(N)Cc1cc(F)c(N(C)CC(C)(C)C)c(F)c1. The van der Waals surface area contributed by atoms with Crippen LogP contribution in [0.15, 0.2) is 12.1 Å². The topological polar surface area (TPSA) is 29.3 Å². The van der Waals surface area contributed by atoms with Crippen LogP contribution in [-0.4, -0.2) is 19.6 Å². The van der Waals surface area contributed by atoms with E-state index in [1.54, 1.807) is 11.9 Å². The highest BCUT2D eigenvalue weighted by molar-refractivity contribution is 5.50. The first-order chi connectivity index (χ1) is 8.60. The summed E-state index contributed by atoms with van der Waals surface area (Å²) < 4.78 is 28.1. The summed E-state index contributed by atoms with van der Waals surface area (Å²) in [7, 11) is 1.71. The number of hydrogen-bond donors (Lipinski definition) is 1. The molecule has 2 N–H and O–H groups in total. The maximum absolute atomic E-state index is 14.1. The predicted molar refractivity (Wildman–Crippen MR) is 76.4 cm³/mol. The van der Waals surface area contributed by atoms with Gasteiger partial charge in [0, 0.05) is 19.6 Å². The first kappa shape index (κ1) is 15.9. The molecule has 0 saturated heterocycles. The summed E-state index contributed by atoms with van der Waals surface area (Å²) in [6.45, 7) is 8.49. The largest absolute Gasteiger partial charge is 0.369 e. The van der Waals surface area contributed by atoms with E-state index in [-0.39, 0.29) is 17.1 Å². The van der Waals surface area contributed by atoms with Crippen molar-refractivity contribution in [3.8, 4) is 0 Å². The zero-order chi connectivity index (χ0) is 14.8. The van der Waals surface area contributed by atoms with E-state index in [0.717, 1.165) is 0 Å². The van der Waals surface area contributed by atoms with Crippen molar-refractivity contribution in [2.45, 2.75) is 40.2 Å². The van der Waals surface area contributed by atoms with E-state index in [9.17, 15) is 8.78 Å². The average molecular weight is 270 g/mol. The molecule has 108 valence electrons. The highest BCUT2D eigenvalue weighted by Crippen LogP contribution is 2.27. The quantitative estimate of drug-likeness (QED) is 0.909. The van der Waals surface area contributed by atoms with Crippen LogP contribution in [-0.2, 0) is 6.42 Å². The van der Waals surface area contributed by atoms with Gasteiger partial charge >= 0.3 is 0 Å². The molecule has 0 radical (unpaired) electrons. The van der Waals surface area contributed by atoms with E-state index in [1.165, 1.54) is 12.1 Å². The molecule has 1 unspecified atom stereocenters. The van der Waals surface area contributed by atoms with E-state index in [1.807, 2.05) is 27.7 Å². The van der Waals surface area contributed by atoms with Gasteiger partial charge in [0.25, 0.3) is 0 Å². The Hall–Kier alpha value is -1.16. The molecule has 0 heterocycles. The minimum Gasteiger partial charge on any atom is -0.369 e. The lowest BCUT2D eigenvalue weighted by Gasteiger charge is -2.29. The van der Waals surface area contributed by atoms with Crippen LogP contribution in [0.2, 0.25) is 0 Å². The molecule has 1 rings (SSSR count). The summed E-state index contributed by atoms with van der Waals surface area (Å²) in [5.74, 6) is -1.05. The van der Waals surface area contributed by atoms with Gasteiger partial charge in [0.2, 0.25) is 0 Å². The molecule has 19 heavy (non-hydrogen) atoms. The second-order valence-electron chi connectivity index (χ2n) is 6.51. The van der Waals surface area contributed by atoms with Crippen LogP contribution in [0.3, 0.4) is 0 Å². The third-order valence-corrected chi connectivity index (χ3v) is 2.73. The molecule has 0 amide bonds. The minimum atomic E-state index is -0.526. The number of anilines is 1. The smallest absolute Gasteiger partial charge is 0.149 e. The molecule has 0 aliphatic rings. The predicted octanol–water partition coefficient (Wildman–Crippen LogP) is 3.34. The van der Waals surface area contributed by atoms with Crippen LogP contribution in [0, 0.1) is 17.0 Å².